The Balaban J connectivity index is 1.91. The second-order valence-corrected chi connectivity index (χ2v) is 5.70. The SMILES string of the molecule is COc1ccc(-c2ccc(C(=O)O)o2)cc1NC(=O)c1ccc(C)cc1. The predicted octanol–water partition coefficient (Wildman–Crippen LogP) is 4.21. The van der Waals surface area contributed by atoms with E-state index < -0.39 is 5.97 Å². The maximum absolute atomic E-state index is 12.5. The Morgan fingerprint density at radius 3 is 2.38 bits per heavy atom. The van der Waals surface area contributed by atoms with Crippen molar-refractivity contribution in [1.29, 1.82) is 0 Å². The molecule has 0 atom stereocenters. The Hall–Kier alpha value is -3.54. The minimum Gasteiger partial charge on any atom is -0.495 e. The van der Waals surface area contributed by atoms with Gasteiger partial charge in [-0.2, -0.15) is 0 Å². The standard InChI is InChI=1S/C20H17NO5/c1-12-3-5-13(6-4-12)19(22)21-15-11-14(7-8-17(15)25-2)16-9-10-18(26-16)20(23)24/h3-11H,1-2H3,(H,21,22)(H,23,24). The highest BCUT2D eigenvalue weighted by Crippen LogP contribution is 2.32. The summed E-state index contributed by atoms with van der Waals surface area (Å²) in [5, 5.41) is 11.8. The van der Waals surface area contributed by atoms with E-state index in [1.165, 1.54) is 13.2 Å². The number of methoxy groups -OCH3 is 1. The van der Waals surface area contributed by atoms with Crippen molar-refractivity contribution >= 4 is 17.6 Å². The van der Waals surface area contributed by atoms with Gasteiger partial charge in [0.1, 0.15) is 11.5 Å². The summed E-state index contributed by atoms with van der Waals surface area (Å²) in [6.45, 7) is 1.95. The first-order chi connectivity index (χ1) is 12.5. The quantitative estimate of drug-likeness (QED) is 0.719. The number of carbonyl (C=O) groups is 2. The van der Waals surface area contributed by atoms with Crippen molar-refractivity contribution in [2.45, 2.75) is 6.92 Å². The summed E-state index contributed by atoms with van der Waals surface area (Å²) < 4.78 is 10.6. The number of rotatable bonds is 5. The van der Waals surface area contributed by atoms with Crippen LogP contribution in [0, 0.1) is 6.92 Å². The van der Waals surface area contributed by atoms with Crippen LogP contribution in [0.4, 0.5) is 5.69 Å². The zero-order valence-corrected chi connectivity index (χ0v) is 14.3. The molecule has 3 aromatic rings. The van der Waals surface area contributed by atoms with Crippen LogP contribution < -0.4 is 10.1 Å². The first kappa shape index (κ1) is 17.3. The number of hydrogen-bond donors (Lipinski definition) is 2. The molecule has 0 fully saturated rings. The number of furan rings is 1. The van der Waals surface area contributed by atoms with Gasteiger partial charge in [0, 0.05) is 11.1 Å². The minimum atomic E-state index is -1.14. The summed E-state index contributed by atoms with van der Waals surface area (Å²) in [5.74, 6) is -0.694. The second kappa shape index (κ2) is 7.14. The van der Waals surface area contributed by atoms with Gasteiger partial charge in [0.25, 0.3) is 5.91 Å². The number of aryl methyl sites for hydroxylation is 1. The number of benzene rings is 2. The van der Waals surface area contributed by atoms with Gasteiger partial charge in [0.15, 0.2) is 0 Å². The molecule has 1 heterocycles. The van der Waals surface area contributed by atoms with E-state index in [0.29, 0.717) is 28.3 Å². The number of carboxylic acids is 1. The van der Waals surface area contributed by atoms with Crippen molar-refractivity contribution in [3.8, 4) is 17.1 Å². The number of aromatic carboxylic acids is 1. The summed E-state index contributed by atoms with van der Waals surface area (Å²) in [5.41, 5.74) is 2.67. The predicted molar refractivity (Wildman–Crippen MR) is 96.8 cm³/mol. The third-order valence-electron chi connectivity index (χ3n) is 3.86. The van der Waals surface area contributed by atoms with Crippen LogP contribution in [-0.4, -0.2) is 24.1 Å². The Morgan fingerprint density at radius 1 is 1.04 bits per heavy atom. The van der Waals surface area contributed by atoms with Gasteiger partial charge < -0.3 is 19.6 Å². The van der Waals surface area contributed by atoms with Crippen LogP contribution >= 0.6 is 0 Å². The molecular weight excluding hydrogens is 334 g/mol. The van der Waals surface area contributed by atoms with Gasteiger partial charge in [-0.25, -0.2) is 4.79 Å². The zero-order valence-electron chi connectivity index (χ0n) is 14.3. The van der Waals surface area contributed by atoms with Crippen LogP contribution in [0.5, 0.6) is 5.75 Å². The Labute approximate surface area is 150 Å². The third-order valence-corrected chi connectivity index (χ3v) is 3.86. The highest BCUT2D eigenvalue weighted by molar-refractivity contribution is 6.05. The molecule has 132 valence electrons. The van der Waals surface area contributed by atoms with E-state index in [9.17, 15) is 9.59 Å². The first-order valence-corrected chi connectivity index (χ1v) is 7.87. The van der Waals surface area contributed by atoms with Gasteiger partial charge in [0.05, 0.1) is 12.8 Å². The third kappa shape index (κ3) is 3.59. The molecule has 0 spiro atoms. The fourth-order valence-corrected chi connectivity index (χ4v) is 2.47. The van der Waals surface area contributed by atoms with E-state index in [-0.39, 0.29) is 11.7 Å². The molecular formula is C20H17NO5. The van der Waals surface area contributed by atoms with Gasteiger partial charge in [-0.3, -0.25) is 4.79 Å². The van der Waals surface area contributed by atoms with Gasteiger partial charge in [-0.05, 0) is 49.4 Å². The Bertz CT molecular complexity index is 957. The lowest BCUT2D eigenvalue weighted by molar-refractivity contribution is 0.0663. The first-order valence-electron chi connectivity index (χ1n) is 7.87. The fourth-order valence-electron chi connectivity index (χ4n) is 2.47. The van der Waals surface area contributed by atoms with E-state index in [2.05, 4.69) is 5.32 Å². The number of carboxylic acid groups (broad SMARTS) is 1. The molecule has 0 aliphatic carbocycles. The molecule has 0 radical (unpaired) electrons. The zero-order chi connectivity index (χ0) is 18.7. The van der Waals surface area contributed by atoms with Crippen molar-refractivity contribution in [3.05, 3.63) is 71.5 Å². The summed E-state index contributed by atoms with van der Waals surface area (Å²) in [4.78, 5) is 23.4. The Kier molecular flexibility index (Phi) is 4.75. The second-order valence-electron chi connectivity index (χ2n) is 5.70. The molecule has 6 nitrogen and oxygen atoms in total. The minimum absolute atomic E-state index is 0.152. The smallest absolute Gasteiger partial charge is 0.371 e. The van der Waals surface area contributed by atoms with E-state index in [1.807, 2.05) is 19.1 Å². The number of carbonyl (C=O) groups excluding carboxylic acids is 1. The molecule has 3 rings (SSSR count). The van der Waals surface area contributed by atoms with Crippen molar-refractivity contribution in [2.24, 2.45) is 0 Å². The summed E-state index contributed by atoms with van der Waals surface area (Å²) in [6.07, 6.45) is 0. The largest absolute Gasteiger partial charge is 0.495 e. The lowest BCUT2D eigenvalue weighted by atomic mass is 10.1. The maximum Gasteiger partial charge on any atom is 0.371 e. The number of anilines is 1. The van der Waals surface area contributed by atoms with E-state index >= 15 is 0 Å². The van der Waals surface area contributed by atoms with E-state index in [0.717, 1.165) is 5.56 Å². The summed E-state index contributed by atoms with van der Waals surface area (Å²) in [6, 6.07) is 15.2. The lowest BCUT2D eigenvalue weighted by Gasteiger charge is -2.12. The monoisotopic (exact) mass is 351 g/mol. The summed E-state index contributed by atoms with van der Waals surface area (Å²) in [7, 11) is 1.51. The fraction of sp³-hybridized carbons (Fsp3) is 0.100. The molecule has 1 aromatic heterocycles. The van der Waals surface area contributed by atoms with Crippen LogP contribution in [0.15, 0.2) is 59.0 Å². The molecule has 0 saturated heterocycles. The van der Waals surface area contributed by atoms with Gasteiger partial charge >= 0.3 is 5.97 Å². The highest BCUT2D eigenvalue weighted by atomic mass is 16.5. The molecule has 0 saturated carbocycles. The van der Waals surface area contributed by atoms with Crippen molar-refractivity contribution in [3.63, 3.8) is 0 Å². The average molecular weight is 351 g/mol. The van der Waals surface area contributed by atoms with Gasteiger partial charge in [-0.15, -0.1) is 0 Å². The average Bonchev–Trinajstić information content (AvgIpc) is 3.12. The highest BCUT2D eigenvalue weighted by Gasteiger charge is 2.14. The van der Waals surface area contributed by atoms with Crippen LogP contribution in [0.2, 0.25) is 0 Å². The molecule has 2 aromatic carbocycles. The van der Waals surface area contributed by atoms with E-state index in [1.54, 1.807) is 36.4 Å². The maximum atomic E-state index is 12.5. The molecule has 0 unspecified atom stereocenters. The normalized spacial score (nSPS) is 10.4. The molecule has 2 N–H and O–H groups in total. The topological polar surface area (TPSA) is 88.8 Å². The van der Waals surface area contributed by atoms with Crippen LogP contribution in [-0.2, 0) is 0 Å². The molecule has 6 heteroatoms. The molecule has 1 amide bonds. The van der Waals surface area contributed by atoms with E-state index in [4.69, 9.17) is 14.3 Å². The molecule has 26 heavy (non-hydrogen) atoms. The van der Waals surface area contributed by atoms with Gasteiger partial charge in [0.2, 0.25) is 5.76 Å². The van der Waals surface area contributed by atoms with Crippen LogP contribution in [0.1, 0.15) is 26.5 Å². The molecule has 0 aliphatic rings. The number of ether oxygens (including phenoxy) is 1. The van der Waals surface area contributed by atoms with Crippen molar-refractivity contribution < 1.29 is 23.8 Å². The van der Waals surface area contributed by atoms with Crippen molar-refractivity contribution in [2.75, 3.05) is 12.4 Å². The number of hydrogen-bond acceptors (Lipinski definition) is 4. The van der Waals surface area contributed by atoms with Crippen LogP contribution in [0.25, 0.3) is 11.3 Å². The van der Waals surface area contributed by atoms with Crippen LogP contribution in [0.3, 0.4) is 0 Å². The number of amides is 1. The lowest BCUT2D eigenvalue weighted by Crippen LogP contribution is -2.12. The summed E-state index contributed by atoms with van der Waals surface area (Å²) >= 11 is 0. The van der Waals surface area contributed by atoms with Gasteiger partial charge in [-0.1, -0.05) is 17.7 Å². The molecule has 0 aliphatic heterocycles. The molecule has 0 bridgehead atoms. The Morgan fingerprint density at radius 2 is 1.77 bits per heavy atom. The number of nitrogens with one attached hydrogen (secondary N) is 1. The van der Waals surface area contributed by atoms with Crippen molar-refractivity contribution in [1.82, 2.24) is 0 Å².